The van der Waals surface area contributed by atoms with Crippen molar-refractivity contribution in [3.8, 4) is 0 Å². The zero-order valence-corrected chi connectivity index (χ0v) is 14.1. The van der Waals surface area contributed by atoms with Gasteiger partial charge in [0.2, 0.25) is 0 Å². The molecule has 2 heterocycles. The summed E-state index contributed by atoms with van der Waals surface area (Å²) in [7, 11) is 1.66. The van der Waals surface area contributed by atoms with Crippen LogP contribution in [0.1, 0.15) is 11.1 Å². The molecule has 0 radical (unpaired) electrons. The number of likely N-dealkylation sites (N-methyl/N-ethyl adjacent to an activating group) is 1. The molecule has 0 bridgehead atoms. The lowest BCUT2D eigenvalue weighted by Gasteiger charge is -2.33. The van der Waals surface area contributed by atoms with Gasteiger partial charge in [-0.15, -0.1) is 0 Å². The molecule has 0 aromatic heterocycles. The molecule has 110 valence electrons. The second kappa shape index (κ2) is 4.60. The summed E-state index contributed by atoms with van der Waals surface area (Å²) in [4.78, 5) is 21.1. The summed E-state index contributed by atoms with van der Waals surface area (Å²) in [5.74, 6) is 0.134. The molecule has 2 N–H and O–H groups in total. The maximum absolute atomic E-state index is 13.0. The van der Waals surface area contributed by atoms with Gasteiger partial charge >= 0.3 is 0 Å². The van der Waals surface area contributed by atoms with Crippen LogP contribution in [0.5, 0.6) is 0 Å². The van der Waals surface area contributed by atoms with Gasteiger partial charge in [-0.25, -0.2) is 4.99 Å². The predicted octanol–water partition coefficient (Wildman–Crippen LogP) is 2.94. The van der Waals surface area contributed by atoms with E-state index in [0.717, 1.165) is 25.4 Å². The van der Waals surface area contributed by atoms with Crippen LogP contribution in [0, 0.1) is 0 Å². The molecule has 1 unspecified atom stereocenters. The number of hydrogen-bond donors (Lipinski definition) is 1. The Morgan fingerprint density at radius 3 is 2.64 bits per heavy atom. The molecule has 1 atom stereocenters. The van der Waals surface area contributed by atoms with E-state index < -0.39 is 5.54 Å². The summed E-state index contributed by atoms with van der Waals surface area (Å²) < 4.78 is 0.918. The third kappa shape index (κ3) is 1.65. The maximum atomic E-state index is 13.0. The van der Waals surface area contributed by atoms with E-state index in [-0.39, 0.29) is 11.9 Å². The number of hydrogen-bond acceptors (Lipinski definition) is 4. The number of aliphatic imine (C=N–C) groups is 1. The molecular weight excluding hydrogens is 362 g/mol. The Balaban J connectivity index is 2.11. The second-order valence-corrected chi connectivity index (χ2v) is 7.28. The van der Waals surface area contributed by atoms with Crippen molar-refractivity contribution >= 4 is 39.6 Å². The molecule has 0 saturated carbocycles. The zero-order chi connectivity index (χ0) is 15.5. The Bertz CT molecular complexity index is 851. The lowest BCUT2D eigenvalue weighted by molar-refractivity contribution is -0.129. The van der Waals surface area contributed by atoms with Gasteiger partial charge in [0.25, 0.3) is 5.91 Å². The fraction of sp³-hybridized carbons (Fsp3) is 0.125. The van der Waals surface area contributed by atoms with E-state index in [0.29, 0.717) is 0 Å². The van der Waals surface area contributed by atoms with Crippen LogP contribution in [-0.2, 0) is 10.3 Å². The summed E-state index contributed by atoms with van der Waals surface area (Å²) in [5, 5.41) is 0. The van der Waals surface area contributed by atoms with E-state index in [1.165, 1.54) is 4.90 Å². The van der Waals surface area contributed by atoms with Crippen molar-refractivity contribution < 1.29 is 4.79 Å². The van der Waals surface area contributed by atoms with Crippen LogP contribution in [0.2, 0.25) is 0 Å². The molecule has 0 saturated heterocycles. The van der Waals surface area contributed by atoms with Gasteiger partial charge in [0, 0.05) is 32.4 Å². The quantitative estimate of drug-likeness (QED) is 0.772. The van der Waals surface area contributed by atoms with Crippen LogP contribution in [0.15, 0.2) is 61.7 Å². The van der Waals surface area contributed by atoms with Gasteiger partial charge in [0.15, 0.2) is 11.5 Å². The standard InChI is InChI=1S/C16H12BrN3OS/c1-20-14(21)16(19-15(20)18)10-4-2-3-5-12(10)22-13-7-6-9(17)8-11(13)16/h2-8H,1H3,(H2,18,19). The molecule has 2 aliphatic heterocycles. The average molecular weight is 374 g/mol. The first-order chi connectivity index (χ1) is 10.5. The molecule has 2 aliphatic rings. The Morgan fingerprint density at radius 2 is 1.91 bits per heavy atom. The Morgan fingerprint density at radius 1 is 1.18 bits per heavy atom. The molecule has 0 fully saturated rings. The van der Waals surface area contributed by atoms with Crippen molar-refractivity contribution in [1.29, 1.82) is 0 Å². The largest absolute Gasteiger partial charge is 0.369 e. The highest BCUT2D eigenvalue weighted by Gasteiger charge is 2.53. The third-order valence-electron chi connectivity index (χ3n) is 4.07. The number of rotatable bonds is 0. The second-order valence-electron chi connectivity index (χ2n) is 5.28. The van der Waals surface area contributed by atoms with Gasteiger partial charge in [-0.05, 0) is 24.3 Å². The molecule has 22 heavy (non-hydrogen) atoms. The Kier molecular flexibility index (Phi) is 2.90. The minimum atomic E-state index is -1.07. The van der Waals surface area contributed by atoms with E-state index in [4.69, 9.17) is 5.73 Å². The number of benzene rings is 2. The maximum Gasteiger partial charge on any atom is 0.266 e. The van der Waals surface area contributed by atoms with Crippen LogP contribution in [0.4, 0.5) is 0 Å². The van der Waals surface area contributed by atoms with Crippen molar-refractivity contribution in [3.05, 3.63) is 58.1 Å². The highest BCUT2D eigenvalue weighted by atomic mass is 79.9. The molecular formula is C16H12BrN3OS. The van der Waals surface area contributed by atoms with Gasteiger partial charge < -0.3 is 5.73 Å². The van der Waals surface area contributed by atoms with Gasteiger partial charge in [0.1, 0.15) is 0 Å². The normalized spacial score (nSPS) is 22.5. The summed E-state index contributed by atoms with van der Waals surface area (Å²) in [6, 6.07) is 13.8. The van der Waals surface area contributed by atoms with Gasteiger partial charge in [-0.2, -0.15) is 0 Å². The third-order valence-corrected chi connectivity index (χ3v) is 5.71. The van der Waals surface area contributed by atoms with Gasteiger partial charge in [0.05, 0.1) is 0 Å². The molecule has 4 nitrogen and oxygen atoms in total. The topological polar surface area (TPSA) is 58.7 Å². The number of halogens is 1. The highest BCUT2D eigenvalue weighted by molar-refractivity contribution is 9.10. The Labute approximate surface area is 140 Å². The minimum Gasteiger partial charge on any atom is -0.369 e. The van der Waals surface area contributed by atoms with Crippen LogP contribution in [0.3, 0.4) is 0 Å². The van der Waals surface area contributed by atoms with E-state index in [9.17, 15) is 4.79 Å². The number of guanidine groups is 1. The lowest BCUT2D eigenvalue weighted by atomic mass is 9.82. The minimum absolute atomic E-state index is 0.114. The van der Waals surface area contributed by atoms with E-state index in [1.807, 2.05) is 42.5 Å². The SMILES string of the molecule is CN1C(=O)C2(N=C1N)c1ccccc1Sc1ccc(Br)cc12. The monoisotopic (exact) mass is 373 g/mol. The molecule has 4 rings (SSSR count). The van der Waals surface area contributed by atoms with E-state index in [1.54, 1.807) is 18.8 Å². The van der Waals surface area contributed by atoms with Crippen molar-refractivity contribution in [2.24, 2.45) is 10.7 Å². The van der Waals surface area contributed by atoms with E-state index >= 15 is 0 Å². The first-order valence-corrected chi connectivity index (χ1v) is 8.36. The van der Waals surface area contributed by atoms with Crippen molar-refractivity contribution in [3.63, 3.8) is 0 Å². The number of carbonyl (C=O) groups is 1. The summed E-state index contributed by atoms with van der Waals surface area (Å²) >= 11 is 5.15. The summed E-state index contributed by atoms with van der Waals surface area (Å²) in [5.41, 5.74) is 6.66. The number of nitrogens with zero attached hydrogens (tertiary/aromatic N) is 2. The highest BCUT2D eigenvalue weighted by Crippen LogP contribution is 2.52. The van der Waals surface area contributed by atoms with Crippen LogP contribution >= 0.6 is 27.7 Å². The Hall–Kier alpha value is -1.79. The summed E-state index contributed by atoms with van der Waals surface area (Å²) in [6.07, 6.45) is 0. The fourth-order valence-electron chi connectivity index (χ4n) is 2.98. The first-order valence-electron chi connectivity index (χ1n) is 6.75. The van der Waals surface area contributed by atoms with Crippen LogP contribution in [-0.4, -0.2) is 23.8 Å². The number of nitrogens with two attached hydrogens (primary N) is 1. The molecule has 2 aromatic rings. The summed E-state index contributed by atoms with van der Waals surface area (Å²) in [6.45, 7) is 0. The molecule has 1 amide bonds. The molecule has 6 heteroatoms. The van der Waals surface area contributed by atoms with Crippen molar-refractivity contribution in [1.82, 2.24) is 4.90 Å². The van der Waals surface area contributed by atoms with Crippen molar-refractivity contribution in [2.45, 2.75) is 15.3 Å². The first kappa shape index (κ1) is 13.8. The predicted molar refractivity (Wildman–Crippen MR) is 89.9 cm³/mol. The molecule has 0 aliphatic carbocycles. The fourth-order valence-corrected chi connectivity index (χ4v) is 4.51. The van der Waals surface area contributed by atoms with Crippen LogP contribution in [0.25, 0.3) is 0 Å². The molecule has 2 aromatic carbocycles. The van der Waals surface area contributed by atoms with Gasteiger partial charge in [-0.3, -0.25) is 9.69 Å². The number of fused-ring (bicyclic) bond motifs is 4. The average Bonchev–Trinajstić information content (AvgIpc) is 2.74. The number of carbonyl (C=O) groups excluding carboxylic acids is 1. The lowest BCUT2D eigenvalue weighted by Crippen LogP contribution is -2.42. The van der Waals surface area contributed by atoms with Crippen LogP contribution < -0.4 is 5.73 Å². The number of amides is 1. The molecule has 1 spiro atoms. The smallest absolute Gasteiger partial charge is 0.266 e. The van der Waals surface area contributed by atoms with E-state index in [2.05, 4.69) is 20.9 Å². The van der Waals surface area contributed by atoms with Gasteiger partial charge in [-0.1, -0.05) is 45.9 Å². The zero-order valence-electron chi connectivity index (χ0n) is 11.7. The van der Waals surface area contributed by atoms with Crippen molar-refractivity contribution in [2.75, 3.05) is 7.05 Å².